The van der Waals surface area contributed by atoms with Crippen molar-refractivity contribution in [3.05, 3.63) is 87.3 Å². The second-order valence-electron chi connectivity index (χ2n) is 6.61. The zero-order chi connectivity index (χ0) is 23.4. The Balaban J connectivity index is 2.43. The highest BCUT2D eigenvalue weighted by Crippen LogP contribution is 2.44. The van der Waals surface area contributed by atoms with Gasteiger partial charge in [0.2, 0.25) is 0 Å². The van der Waals surface area contributed by atoms with Crippen LogP contribution >= 0.6 is 11.6 Å². The van der Waals surface area contributed by atoms with E-state index in [9.17, 15) is 14.9 Å². The number of halogens is 1. The molecule has 0 saturated carbocycles. The predicted octanol–water partition coefficient (Wildman–Crippen LogP) is 3.11. The van der Waals surface area contributed by atoms with E-state index in [0.29, 0.717) is 5.56 Å². The van der Waals surface area contributed by atoms with E-state index < -0.39 is 17.9 Å². The summed E-state index contributed by atoms with van der Waals surface area (Å²) in [7, 11) is 2.32. The minimum atomic E-state index is -0.976. The number of carbonyl (C=O) groups excluding carboxylic acids is 2. The van der Waals surface area contributed by atoms with Crippen molar-refractivity contribution in [1.82, 2.24) is 0 Å². The molecule has 1 atom stereocenters. The summed E-state index contributed by atoms with van der Waals surface area (Å²) in [6.45, 7) is 0. The molecule has 0 radical (unpaired) electrons. The summed E-state index contributed by atoms with van der Waals surface area (Å²) in [5, 5.41) is 19.2. The summed E-state index contributed by atoms with van der Waals surface area (Å²) in [6, 6.07) is 17.0. The van der Waals surface area contributed by atoms with E-state index in [1.54, 1.807) is 30.3 Å². The third-order valence-corrected chi connectivity index (χ3v) is 5.23. The van der Waals surface area contributed by atoms with Gasteiger partial charge in [0.05, 0.1) is 59.7 Å². The van der Waals surface area contributed by atoms with Gasteiger partial charge in [-0.05, 0) is 23.8 Å². The maximum atomic E-state index is 12.9. The molecule has 0 saturated heterocycles. The molecule has 0 fully saturated rings. The largest absolute Gasteiger partial charge is 0.466 e. The van der Waals surface area contributed by atoms with Crippen LogP contribution in [0, 0.1) is 22.7 Å². The molecule has 0 amide bonds. The molecule has 1 heterocycles. The van der Waals surface area contributed by atoms with Crippen LogP contribution in [-0.4, -0.2) is 26.2 Å². The van der Waals surface area contributed by atoms with Crippen LogP contribution in [0.3, 0.4) is 0 Å². The van der Waals surface area contributed by atoms with Gasteiger partial charge in [-0.2, -0.15) is 10.5 Å². The summed E-state index contributed by atoms with van der Waals surface area (Å²) in [6.07, 6.45) is 0. The quantitative estimate of drug-likeness (QED) is 0.706. The first kappa shape index (κ1) is 22.4. The number of nitriles is 2. The fourth-order valence-corrected chi connectivity index (χ4v) is 3.79. The zero-order valence-electron chi connectivity index (χ0n) is 17.1. The van der Waals surface area contributed by atoms with Crippen molar-refractivity contribution >= 4 is 29.2 Å². The third-order valence-electron chi connectivity index (χ3n) is 4.93. The minimum Gasteiger partial charge on any atom is -0.466 e. The van der Waals surface area contributed by atoms with Gasteiger partial charge in [0, 0.05) is 0 Å². The number of carbonyl (C=O) groups is 2. The minimum absolute atomic E-state index is 0.0182. The Morgan fingerprint density at radius 2 is 1.69 bits per heavy atom. The van der Waals surface area contributed by atoms with E-state index in [0.717, 1.165) is 7.11 Å². The molecule has 2 aromatic carbocycles. The van der Waals surface area contributed by atoms with Gasteiger partial charge in [-0.1, -0.05) is 41.9 Å². The van der Waals surface area contributed by atoms with Crippen molar-refractivity contribution in [2.45, 2.75) is 5.92 Å². The van der Waals surface area contributed by atoms with Crippen molar-refractivity contribution in [3.8, 4) is 12.1 Å². The number of anilines is 1. The average molecular weight is 449 g/mol. The Morgan fingerprint density at radius 1 is 1.03 bits per heavy atom. The first-order valence-electron chi connectivity index (χ1n) is 9.24. The zero-order valence-corrected chi connectivity index (χ0v) is 17.9. The fourth-order valence-electron chi connectivity index (χ4n) is 3.52. The number of nitrogens with two attached hydrogens (primary N) is 1. The molecule has 2 N–H and O–H groups in total. The Morgan fingerprint density at radius 3 is 2.22 bits per heavy atom. The Kier molecular flexibility index (Phi) is 6.48. The lowest BCUT2D eigenvalue weighted by molar-refractivity contribution is -0.139. The summed E-state index contributed by atoms with van der Waals surface area (Å²) in [5.74, 6) is -2.81. The van der Waals surface area contributed by atoms with E-state index in [1.807, 2.05) is 6.07 Å². The van der Waals surface area contributed by atoms with Gasteiger partial charge in [0.15, 0.2) is 0 Å². The molecule has 3 rings (SSSR count). The molecular weight excluding hydrogens is 432 g/mol. The molecule has 32 heavy (non-hydrogen) atoms. The summed E-state index contributed by atoms with van der Waals surface area (Å²) >= 11 is 6.38. The maximum absolute atomic E-state index is 12.9. The Hall–Kier alpha value is -4.27. The van der Waals surface area contributed by atoms with E-state index in [2.05, 4.69) is 6.07 Å². The van der Waals surface area contributed by atoms with Crippen LogP contribution in [0.2, 0.25) is 5.02 Å². The maximum Gasteiger partial charge on any atom is 0.355 e. The number of nitrogens with zero attached hydrogens (tertiary/aromatic N) is 3. The van der Waals surface area contributed by atoms with Crippen LogP contribution in [-0.2, 0) is 19.1 Å². The second kappa shape index (κ2) is 9.25. The van der Waals surface area contributed by atoms with Crippen molar-refractivity contribution < 1.29 is 19.1 Å². The Labute approximate surface area is 189 Å². The number of hydrogen-bond acceptors (Lipinski definition) is 8. The molecular formula is C23H17ClN4O4. The highest BCUT2D eigenvalue weighted by molar-refractivity contribution is 6.33. The molecule has 1 aliphatic rings. The molecule has 2 aromatic rings. The molecule has 1 aliphatic heterocycles. The standard InChI is InChI=1S/C23H17ClN4O4/c1-31-22(29)19-18(14-6-4-3-5-7-14)15(12-26)21(27)28(20(19)23(30)32-2)17-9-8-13(11-25)10-16(17)24/h3-10,18H,27H2,1-2H3. The molecule has 160 valence electrons. The van der Waals surface area contributed by atoms with Gasteiger partial charge in [-0.3, -0.25) is 4.90 Å². The van der Waals surface area contributed by atoms with Gasteiger partial charge in [0.25, 0.3) is 0 Å². The van der Waals surface area contributed by atoms with E-state index in [1.165, 1.54) is 30.2 Å². The molecule has 8 nitrogen and oxygen atoms in total. The van der Waals surface area contributed by atoms with Crippen molar-refractivity contribution in [3.63, 3.8) is 0 Å². The second-order valence-corrected chi connectivity index (χ2v) is 7.02. The molecule has 0 aliphatic carbocycles. The van der Waals surface area contributed by atoms with Crippen LogP contribution < -0.4 is 10.6 Å². The van der Waals surface area contributed by atoms with Crippen molar-refractivity contribution in [1.29, 1.82) is 10.5 Å². The number of methoxy groups -OCH3 is 2. The molecule has 0 bridgehead atoms. The molecule has 9 heteroatoms. The summed E-state index contributed by atoms with van der Waals surface area (Å²) < 4.78 is 9.92. The lowest BCUT2D eigenvalue weighted by atomic mass is 9.81. The first-order chi connectivity index (χ1) is 15.4. The average Bonchev–Trinajstić information content (AvgIpc) is 2.82. The lowest BCUT2D eigenvalue weighted by Crippen LogP contribution is -2.40. The summed E-state index contributed by atoms with van der Waals surface area (Å²) in [5.41, 5.74) is 7.05. The topological polar surface area (TPSA) is 129 Å². The van der Waals surface area contributed by atoms with Crippen LogP contribution in [0.5, 0.6) is 0 Å². The van der Waals surface area contributed by atoms with E-state index in [4.69, 9.17) is 32.1 Å². The van der Waals surface area contributed by atoms with Crippen molar-refractivity contribution in [2.24, 2.45) is 5.73 Å². The van der Waals surface area contributed by atoms with Crippen LogP contribution in [0.25, 0.3) is 0 Å². The van der Waals surface area contributed by atoms with Gasteiger partial charge < -0.3 is 15.2 Å². The monoisotopic (exact) mass is 448 g/mol. The number of rotatable bonds is 4. The lowest BCUT2D eigenvalue weighted by Gasteiger charge is -2.36. The molecule has 0 aromatic heterocycles. The first-order valence-corrected chi connectivity index (χ1v) is 9.62. The Bertz CT molecular complexity index is 1240. The van der Waals surface area contributed by atoms with Crippen LogP contribution in [0.1, 0.15) is 17.0 Å². The number of benzene rings is 2. The smallest absolute Gasteiger partial charge is 0.355 e. The van der Waals surface area contributed by atoms with Crippen LogP contribution in [0.15, 0.2) is 71.2 Å². The van der Waals surface area contributed by atoms with Gasteiger partial charge >= 0.3 is 11.9 Å². The third kappa shape index (κ3) is 3.76. The van der Waals surface area contributed by atoms with E-state index in [-0.39, 0.29) is 38.9 Å². The highest BCUT2D eigenvalue weighted by atomic mass is 35.5. The van der Waals surface area contributed by atoms with Crippen molar-refractivity contribution in [2.75, 3.05) is 19.1 Å². The summed E-state index contributed by atoms with van der Waals surface area (Å²) in [4.78, 5) is 27.1. The number of allylic oxidation sites excluding steroid dienone is 1. The number of ether oxygens (including phenoxy) is 2. The van der Waals surface area contributed by atoms with Gasteiger partial charge in [-0.15, -0.1) is 0 Å². The number of esters is 2. The highest BCUT2D eigenvalue weighted by Gasteiger charge is 2.43. The molecule has 0 spiro atoms. The van der Waals surface area contributed by atoms with E-state index >= 15 is 0 Å². The predicted molar refractivity (Wildman–Crippen MR) is 116 cm³/mol. The molecule has 1 unspecified atom stereocenters. The number of hydrogen-bond donors (Lipinski definition) is 1. The normalized spacial score (nSPS) is 15.7. The SMILES string of the molecule is COC(=O)C1=C(C(=O)OC)N(c2ccc(C#N)cc2Cl)C(N)=C(C#N)C1c1ccccc1. The van der Waals surface area contributed by atoms with Gasteiger partial charge in [0.1, 0.15) is 11.5 Å². The van der Waals surface area contributed by atoms with Crippen LogP contribution in [0.4, 0.5) is 5.69 Å². The van der Waals surface area contributed by atoms with Gasteiger partial charge in [-0.25, -0.2) is 9.59 Å². The fraction of sp³-hybridized carbons (Fsp3) is 0.130.